The summed E-state index contributed by atoms with van der Waals surface area (Å²) in [4.78, 5) is 10.2. The van der Waals surface area contributed by atoms with Gasteiger partial charge in [-0.15, -0.1) is 0 Å². The molecule has 1 aromatic carbocycles. The second-order valence-corrected chi connectivity index (χ2v) is 1.90. The van der Waals surface area contributed by atoms with Gasteiger partial charge in [0.25, 0.3) is 0 Å². The highest BCUT2D eigenvalue weighted by atomic mass is 16.1. The largest absolute Gasteiger partial charge is 0.298 e. The lowest BCUT2D eigenvalue weighted by Crippen LogP contribution is -1.82. The Kier molecular flexibility index (Phi) is 1.63. The molecule has 1 rings (SSSR count). The van der Waals surface area contributed by atoms with Gasteiger partial charge >= 0.3 is 0 Å². The normalized spacial score (nSPS) is 9.00. The molecule has 0 saturated carbocycles. The van der Waals surface area contributed by atoms with Gasteiger partial charge in [0.05, 0.1) is 0 Å². The van der Waals surface area contributed by atoms with Crippen LogP contribution in [0.2, 0.25) is 0 Å². The van der Waals surface area contributed by atoms with Crippen molar-refractivity contribution in [3.63, 3.8) is 0 Å². The van der Waals surface area contributed by atoms with Gasteiger partial charge in [-0.1, -0.05) is 12.1 Å². The first-order valence-electron chi connectivity index (χ1n) is 2.76. The molecule has 0 amide bonds. The predicted molar refractivity (Wildman–Crippen MR) is 35.4 cm³/mol. The average molecular weight is 119 g/mol. The summed E-state index contributed by atoms with van der Waals surface area (Å²) in [5, 5.41) is 0. The molecule has 0 N–H and O–H groups in total. The van der Waals surface area contributed by atoms with Crippen molar-refractivity contribution in [2.45, 2.75) is 6.92 Å². The Morgan fingerprint density at radius 3 is 2.89 bits per heavy atom. The minimum Gasteiger partial charge on any atom is -0.298 e. The van der Waals surface area contributed by atoms with Crippen LogP contribution in [0.5, 0.6) is 0 Å². The van der Waals surface area contributed by atoms with E-state index < -0.39 is 0 Å². The van der Waals surface area contributed by atoms with Crippen molar-refractivity contribution in [3.8, 4) is 0 Å². The minimum absolute atomic E-state index is 0.720. The third-order valence-electron chi connectivity index (χ3n) is 1.25. The molecule has 1 heteroatoms. The van der Waals surface area contributed by atoms with Crippen LogP contribution in [-0.4, -0.2) is 6.29 Å². The lowest BCUT2D eigenvalue weighted by Gasteiger charge is -1.92. The molecule has 0 aromatic heterocycles. The van der Waals surface area contributed by atoms with E-state index in [0.717, 1.165) is 17.4 Å². The zero-order valence-corrected chi connectivity index (χ0v) is 5.22. The maximum atomic E-state index is 10.2. The Bertz CT molecular complexity index is 216. The molecular formula is C8H7O. The van der Waals surface area contributed by atoms with Crippen molar-refractivity contribution >= 4 is 6.29 Å². The van der Waals surface area contributed by atoms with Crippen molar-refractivity contribution < 1.29 is 4.79 Å². The summed E-state index contributed by atoms with van der Waals surface area (Å²) in [5.41, 5.74) is 1.72. The highest BCUT2D eigenvalue weighted by Crippen LogP contribution is 2.01. The van der Waals surface area contributed by atoms with Gasteiger partial charge in [-0.25, -0.2) is 0 Å². The van der Waals surface area contributed by atoms with Gasteiger partial charge in [0, 0.05) is 5.56 Å². The van der Waals surface area contributed by atoms with Crippen molar-refractivity contribution in [2.24, 2.45) is 0 Å². The lowest BCUT2D eigenvalue weighted by atomic mass is 10.1. The molecule has 0 aliphatic rings. The van der Waals surface area contributed by atoms with Crippen molar-refractivity contribution in [3.05, 3.63) is 35.4 Å². The molecule has 0 atom stereocenters. The monoisotopic (exact) mass is 119 g/mol. The Morgan fingerprint density at radius 2 is 2.44 bits per heavy atom. The standard InChI is InChI=1S/C8H7O/c1-7-4-2-3-5-8(7)6-9/h2,4-6H,1H3. The number of carbonyl (C=O) groups is 1. The molecule has 1 radical (unpaired) electrons. The zero-order chi connectivity index (χ0) is 6.69. The lowest BCUT2D eigenvalue weighted by molar-refractivity contribution is 0.112. The minimum atomic E-state index is 0.720. The van der Waals surface area contributed by atoms with E-state index >= 15 is 0 Å². The van der Waals surface area contributed by atoms with Gasteiger partial charge in [0.2, 0.25) is 0 Å². The molecule has 0 heterocycles. The van der Waals surface area contributed by atoms with Crippen molar-refractivity contribution in [1.82, 2.24) is 0 Å². The van der Waals surface area contributed by atoms with Gasteiger partial charge in [0.15, 0.2) is 0 Å². The molecule has 0 aliphatic carbocycles. The molecule has 0 aliphatic heterocycles. The summed E-state index contributed by atoms with van der Waals surface area (Å²) in [6.45, 7) is 1.90. The van der Waals surface area contributed by atoms with Gasteiger partial charge < -0.3 is 0 Å². The first kappa shape index (κ1) is 6.02. The van der Waals surface area contributed by atoms with Crippen LogP contribution in [0.4, 0.5) is 0 Å². The number of benzene rings is 1. The summed E-state index contributed by atoms with van der Waals surface area (Å²) in [5.74, 6) is 0. The van der Waals surface area contributed by atoms with Crippen LogP contribution >= 0.6 is 0 Å². The smallest absolute Gasteiger partial charge is 0.150 e. The molecule has 0 saturated heterocycles. The fourth-order valence-electron chi connectivity index (χ4n) is 0.648. The van der Waals surface area contributed by atoms with Gasteiger partial charge in [-0.05, 0) is 24.6 Å². The van der Waals surface area contributed by atoms with E-state index in [1.807, 2.05) is 13.0 Å². The number of hydrogen-bond donors (Lipinski definition) is 0. The summed E-state index contributed by atoms with van der Waals surface area (Å²) in [6.07, 6.45) is 0.839. The maximum absolute atomic E-state index is 10.2. The van der Waals surface area contributed by atoms with Crippen LogP contribution in [0.25, 0.3) is 0 Å². The quantitative estimate of drug-likeness (QED) is 0.513. The van der Waals surface area contributed by atoms with Crippen LogP contribution in [-0.2, 0) is 0 Å². The Morgan fingerprint density at radius 1 is 1.67 bits per heavy atom. The molecule has 45 valence electrons. The molecular weight excluding hydrogens is 112 g/mol. The Hall–Kier alpha value is -1.11. The first-order chi connectivity index (χ1) is 4.34. The zero-order valence-electron chi connectivity index (χ0n) is 5.22. The first-order valence-corrected chi connectivity index (χ1v) is 2.76. The Balaban J connectivity index is 3.15. The van der Waals surface area contributed by atoms with Crippen LogP contribution in [0.15, 0.2) is 18.2 Å². The molecule has 0 spiro atoms. The van der Waals surface area contributed by atoms with Crippen molar-refractivity contribution in [1.29, 1.82) is 0 Å². The van der Waals surface area contributed by atoms with Crippen LogP contribution in [0, 0.1) is 13.0 Å². The second kappa shape index (κ2) is 2.44. The van der Waals surface area contributed by atoms with Crippen LogP contribution < -0.4 is 0 Å². The summed E-state index contributed by atoms with van der Waals surface area (Å²) in [7, 11) is 0. The van der Waals surface area contributed by atoms with E-state index in [1.54, 1.807) is 12.1 Å². The topological polar surface area (TPSA) is 17.1 Å². The van der Waals surface area contributed by atoms with E-state index in [4.69, 9.17) is 0 Å². The third kappa shape index (κ3) is 1.17. The fraction of sp³-hybridized carbons (Fsp3) is 0.125. The summed E-state index contributed by atoms with van der Waals surface area (Å²) in [6, 6.07) is 8.16. The van der Waals surface area contributed by atoms with Gasteiger partial charge in [-0.3, -0.25) is 4.79 Å². The van der Waals surface area contributed by atoms with E-state index in [0.29, 0.717) is 0 Å². The Labute approximate surface area is 54.3 Å². The van der Waals surface area contributed by atoms with Crippen LogP contribution in [0.1, 0.15) is 15.9 Å². The SMILES string of the molecule is Cc1cc[c]cc1C=O. The summed E-state index contributed by atoms with van der Waals surface area (Å²) >= 11 is 0. The molecule has 0 bridgehead atoms. The molecule has 0 fully saturated rings. The predicted octanol–water partition coefficient (Wildman–Crippen LogP) is 1.61. The van der Waals surface area contributed by atoms with E-state index in [2.05, 4.69) is 6.07 Å². The van der Waals surface area contributed by atoms with Crippen molar-refractivity contribution in [2.75, 3.05) is 0 Å². The number of hydrogen-bond acceptors (Lipinski definition) is 1. The van der Waals surface area contributed by atoms with Crippen LogP contribution in [0.3, 0.4) is 0 Å². The summed E-state index contributed by atoms with van der Waals surface area (Å²) < 4.78 is 0. The number of aldehydes is 1. The fourth-order valence-corrected chi connectivity index (χ4v) is 0.648. The van der Waals surface area contributed by atoms with Gasteiger partial charge in [-0.2, -0.15) is 0 Å². The molecule has 9 heavy (non-hydrogen) atoms. The van der Waals surface area contributed by atoms with Gasteiger partial charge in [0.1, 0.15) is 6.29 Å². The second-order valence-electron chi connectivity index (χ2n) is 1.90. The molecule has 1 nitrogen and oxygen atoms in total. The van der Waals surface area contributed by atoms with E-state index in [-0.39, 0.29) is 0 Å². The van der Waals surface area contributed by atoms with E-state index in [1.165, 1.54) is 0 Å². The maximum Gasteiger partial charge on any atom is 0.150 e. The average Bonchev–Trinajstić information content (AvgIpc) is 1.89. The highest BCUT2D eigenvalue weighted by Gasteiger charge is 1.90. The highest BCUT2D eigenvalue weighted by molar-refractivity contribution is 5.76. The number of rotatable bonds is 1. The third-order valence-corrected chi connectivity index (χ3v) is 1.25. The van der Waals surface area contributed by atoms with E-state index in [9.17, 15) is 4.79 Å². The molecule has 1 aromatic rings. The number of aryl methyl sites for hydroxylation is 1. The number of carbonyl (C=O) groups excluding carboxylic acids is 1. The molecule has 0 unspecified atom stereocenters.